The minimum Gasteiger partial charge on any atom is -0.388 e. The molecule has 0 fully saturated rings. The van der Waals surface area contributed by atoms with Crippen molar-refractivity contribution in [2.45, 2.75) is 18.9 Å². The number of pyridine rings is 1. The van der Waals surface area contributed by atoms with Gasteiger partial charge in [0.1, 0.15) is 0 Å². The van der Waals surface area contributed by atoms with Crippen LogP contribution in [0.15, 0.2) is 48.8 Å². The fourth-order valence-electron chi connectivity index (χ4n) is 1.73. The van der Waals surface area contributed by atoms with Crippen molar-refractivity contribution in [2.24, 2.45) is 0 Å². The molecule has 88 valence electrons. The molecule has 0 bridgehead atoms. The lowest BCUT2D eigenvalue weighted by Gasteiger charge is -2.11. The van der Waals surface area contributed by atoms with Crippen LogP contribution in [0.25, 0.3) is 0 Å². The fourth-order valence-corrected chi connectivity index (χ4v) is 1.93. The van der Waals surface area contributed by atoms with Crippen LogP contribution < -0.4 is 0 Å². The van der Waals surface area contributed by atoms with Gasteiger partial charge in [-0.2, -0.15) is 0 Å². The van der Waals surface area contributed by atoms with Crippen LogP contribution in [0, 0.1) is 0 Å². The predicted octanol–water partition coefficient (Wildman–Crippen LogP) is 3.40. The first-order valence-electron chi connectivity index (χ1n) is 5.58. The number of aliphatic hydroxyl groups excluding tert-OH is 1. The van der Waals surface area contributed by atoms with Gasteiger partial charge in [0.05, 0.1) is 6.10 Å². The summed E-state index contributed by atoms with van der Waals surface area (Å²) in [4.78, 5) is 3.96. The third-order valence-corrected chi connectivity index (χ3v) is 2.92. The molecule has 1 unspecified atom stereocenters. The number of rotatable bonds is 4. The minimum atomic E-state index is -0.470. The maximum atomic E-state index is 10.0. The molecule has 0 radical (unpaired) electrons. The molecule has 3 heteroatoms. The first-order chi connectivity index (χ1) is 8.25. The zero-order valence-electron chi connectivity index (χ0n) is 9.38. The average molecular weight is 248 g/mol. The summed E-state index contributed by atoms with van der Waals surface area (Å²) in [7, 11) is 0. The van der Waals surface area contributed by atoms with E-state index in [-0.39, 0.29) is 0 Å². The van der Waals surface area contributed by atoms with Gasteiger partial charge in [0.2, 0.25) is 0 Å². The number of hydrogen-bond donors (Lipinski definition) is 1. The molecule has 2 rings (SSSR count). The minimum absolute atomic E-state index is 0.470. The maximum Gasteiger partial charge on any atom is 0.0793 e. The lowest BCUT2D eigenvalue weighted by atomic mass is 10.0. The molecule has 0 saturated heterocycles. The molecule has 1 aromatic carbocycles. The van der Waals surface area contributed by atoms with Gasteiger partial charge in [-0.1, -0.05) is 23.7 Å². The number of halogens is 1. The highest BCUT2D eigenvalue weighted by Crippen LogP contribution is 2.21. The van der Waals surface area contributed by atoms with E-state index in [4.69, 9.17) is 11.6 Å². The third-order valence-electron chi connectivity index (χ3n) is 2.69. The van der Waals surface area contributed by atoms with Gasteiger partial charge in [0, 0.05) is 17.4 Å². The van der Waals surface area contributed by atoms with Crippen LogP contribution >= 0.6 is 11.6 Å². The standard InChI is InChI=1S/C14H14ClNO/c15-13-3-1-2-12(10-13)14(17)5-4-11-6-8-16-9-7-11/h1-3,6-10,14,17H,4-5H2. The molecule has 0 aliphatic carbocycles. The van der Waals surface area contributed by atoms with Crippen LogP contribution in [0.1, 0.15) is 23.7 Å². The van der Waals surface area contributed by atoms with Gasteiger partial charge in [-0.3, -0.25) is 4.98 Å². The molecule has 1 N–H and O–H groups in total. The molecular formula is C14H14ClNO. The molecule has 2 nitrogen and oxygen atoms in total. The van der Waals surface area contributed by atoms with E-state index in [1.54, 1.807) is 24.5 Å². The highest BCUT2D eigenvalue weighted by atomic mass is 35.5. The molecular weight excluding hydrogens is 234 g/mol. The van der Waals surface area contributed by atoms with E-state index >= 15 is 0 Å². The van der Waals surface area contributed by atoms with Gasteiger partial charge in [-0.15, -0.1) is 0 Å². The number of aromatic nitrogens is 1. The number of benzene rings is 1. The van der Waals surface area contributed by atoms with E-state index in [1.807, 2.05) is 24.3 Å². The van der Waals surface area contributed by atoms with Crippen molar-refractivity contribution in [1.29, 1.82) is 0 Å². The SMILES string of the molecule is OC(CCc1ccncc1)c1cccc(Cl)c1. The third kappa shape index (κ3) is 3.55. The van der Waals surface area contributed by atoms with Gasteiger partial charge >= 0.3 is 0 Å². The molecule has 0 saturated carbocycles. The van der Waals surface area contributed by atoms with Crippen molar-refractivity contribution in [3.8, 4) is 0 Å². The second-order valence-corrected chi connectivity index (χ2v) is 4.40. The van der Waals surface area contributed by atoms with Crippen molar-refractivity contribution in [1.82, 2.24) is 4.98 Å². The maximum absolute atomic E-state index is 10.0. The molecule has 1 atom stereocenters. The Morgan fingerprint density at radius 2 is 1.94 bits per heavy atom. The van der Waals surface area contributed by atoms with Crippen molar-refractivity contribution in [2.75, 3.05) is 0 Å². The molecule has 0 amide bonds. The number of hydrogen-bond acceptors (Lipinski definition) is 2. The van der Waals surface area contributed by atoms with E-state index in [0.717, 1.165) is 12.0 Å². The predicted molar refractivity (Wildman–Crippen MR) is 69.0 cm³/mol. The molecule has 0 aliphatic heterocycles. The lowest BCUT2D eigenvalue weighted by molar-refractivity contribution is 0.168. The van der Waals surface area contributed by atoms with Crippen LogP contribution in [0.2, 0.25) is 5.02 Å². The average Bonchev–Trinajstić information content (AvgIpc) is 2.37. The highest BCUT2D eigenvalue weighted by Gasteiger charge is 2.07. The summed E-state index contributed by atoms with van der Waals surface area (Å²) in [6.45, 7) is 0. The van der Waals surface area contributed by atoms with Gasteiger partial charge in [-0.05, 0) is 48.2 Å². The van der Waals surface area contributed by atoms with Gasteiger partial charge in [-0.25, -0.2) is 0 Å². The zero-order chi connectivity index (χ0) is 12.1. The van der Waals surface area contributed by atoms with E-state index < -0.39 is 6.10 Å². The van der Waals surface area contributed by atoms with Crippen LogP contribution in [0.5, 0.6) is 0 Å². The summed E-state index contributed by atoms with van der Waals surface area (Å²) in [6, 6.07) is 11.3. The quantitative estimate of drug-likeness (QED) is 0.898. The van der Waals surface area contributed by atoms with Crippen LogP contribution in [-0.4, -0.2) is 10.1 Å². The van der Waals surface area contributed by atoms with Crippen molar-refractivity contribution in [3.63, 3.8) is 0 Å². The molecule has 17 heavy (non-hydrogen) atoms. The number of aliphatic hydroxyl groups is 1. The Kier molecular flexibility index (Phi) is 4.13. The second-order valence-electron chi connectivity index (χ2n) is 3.96. The van der Waals surface area contributed by atoms with Crippen molar-refractivity contribution in [3.05, 3.63) is 64.9 Å². The summed E-state index contributed by atoms with van der Waals surface area (Å²) in [6.07, 6.45) is 4.57. The molecule has 1 heterocycles. The largest absolute Gasteiger partial charge is 0.388 e. The van der Waals surface area contributed by atoms with Gasteiger partial charge < -0.3 is 5.11 Å². The molecule has 0 spiro atoms. The zero-order valence-corrected chi connectivity index (χ0v) is 10.1. The van der Waals surface area contributed by atoms with Crippen LogP contribution in [-0.2, 0) is 6.42 Å². The Hall–Kier alpha value is -1.38. The lowest BCUT2D eigenvalue weighted by Crippen LogP contribution is -1.99. The van der Waals surface area contributed by atoms with E-state index in [0.29, 0.717) is 11.4 Å². The Labute approximate surface area is 106 Å². The Morgan fingerprint density at radius 3 is 2.65 bits per heavy atom. The monoisotopic (exact) mass is 247 g/mol. The normalized spacial score (nSPS) is 12.4. The van der Waals surface area contributed by atoms with Crippen molar-refractivity contribution >= 4 is 11.6 Å². The van der Waals surface area contributed by atoms with Crippen molar-refractivity contribution < 1.29 is 5.11 Å². The topological polar surface area (TPSA) is 33.1 Å². The summed E-state index contributed by atoms with van der Waals surface area (Å²) in [5.41, 5.74) is 2.05. The summed E-state index contributed by atoms with van der Waals surface area (Å²) in [5, 5.41) is 10.7. The Bertz CT molecular complexity index is 473. The number of aryl methyl sites for hydroxylation is 1. The first-order valence-corrected chi connectivity index (χ1v) is 5.96. The fraction of sp³-hybridized carbons (Fsp3) is 0.214. The van der Waals surface area contributed by atoms with E-state index in [9.17, 15) is 5.11 Å². The second kappa shape index (κ2) is 5.80. The first kappa shape index (κ1) is 12.1. The van der Waals surface area contributed by atoms with Gasteiger partial charge in [0.15, 0.2) is 0 Å². The highest BCUT2D eigenvalue weighted by molar-refractivity contribution is 6.30. The molecule has 0 aliphatic rings. The smallest absolute Gasteiger partial charge is 0.0793 e. The molecule has 2 aromatic rings. The summed E-state index contributed by atoms with van der Waals surface area (Å²) >= 11 is 5.89. The Morgan fingerprint density at radius 1 is 1.18 bits per heavy atom. The van der Waals surface area contributed by atoms with Crippen LogP contribution in [0.3, 0.4) is 0 Å². The van der Waals surface area contributed by atoms with E-state index in [2.05, 4.69) is 4.98 Å². The molecule has 1 aromatic heterocycles. The summed E-state index contributed by atoms with van der Waals surface area (Å²) in [5.74, 6) is 0. The van der Waals surface area contributed by atoms with Crippen LogP contribution in [0.4, 0.5) is 0 Å². The Balaban J connectivity index is 1.96. The van der Waals surface area contributed by atoms with E-state index in [1.165, 1.54) is 5.56 Å². The van der Waals surface area contributed by atoms with Gasteiger partial charge in [0.25, 0.3) is 0 Å². The summed E-state index contributed by atoms with van der Waals surface area (Å²) < 4.78 is 0. The number of nitrogens with zero attached hydrogens (tertiary/aromatic N) is 1.